The van der Waals surface area contributed by atoms with Crippen LogP contribution in [0.1, 0.15) is 24.3 Å². The maximum atomic E-state index is 15.3. The van der Waals surface area contributed by atoms with Gasteiger partial charge in [0.2, 0.25) is 5.95 Å². The van der Waals surface area contributed by atoms with Gasteiger partial charge in [0, 0.05) is 41.8 Å². The van der Waals surface area contributed by atoms with Crippen LogP contribution in [-0.2, 0) is 11.3 Å². The molecule has 0 amide bonds. The van der Waals surface area contributed by atoms with Gasteiger partial charge in [0.25, 0.3) is 0 Å². The Hall–Kier alpha value is -2.59. The number of aryl methyl sites for hydroxylation is 1. The van der Waals surface area contributed by atoms with E-state index in [0.717, 1.165) is 29.6 Å². The van der Waals surface area contributed by atoms with Gasteiger partial charge in [0.15, 0.2) is 0 Å². The molecule has 4 atom stereocenters. The molecule has 1 aromatic carbocycles. The first-order valence-electron chi connectivity index (χ1n) is 11.5. The molecule has 0 radical (unpaired) electrons. The molecule has 0 spiro atoms. The molecule has 0 saturated carbocycles. The van der Waals surface area contributed by atoms with Gasteiger partial charge in [0.1, 0.15) is 6.17 Å². The zero-order valence-corrected chi connectivity index (χ0v) is 19.5. The van der Waals surface area contributed by atoms with Crippen LogP contribution < -0.4 is 5.32 Å². The van der Waals surface area contributed by atoms with E-state index >= 15 is 4.39 Å². The van der Waals surface area contributed by atoms with Crippen LogP contribution in [0.5, 0.6) is 0 Å². The number of alkyl halides is 1. The predicted molar refractivity (Wildman–Crippen MR) is 129 cm³/mol. The predicted octanol–water partition coefficient (Wildman–Crippen LogP) is 3.69. The number of benzene rings is 1. The van der Waals surface area contributed by atoms with Crippen molar-refractivity contribution in [2.75, 3.05) is 31.6 Å². The Morgan fingerprint density at radius 2 is 2.21 bits per heavy atom. The normalized spacial score (nSPS) is 25.6. The molecule has 8 nitrogen and oxygen atoms in total. The van der Waals surface area contributed by atoms with Crippen LogP contribution in [0.3, 0.4) is 0 Å². The van der Waals surface area contributed by atoms with Gasteiger partial charge >= 0.3 is 0 Å². The van der Waals surface area contributed by atoms with Gasteiger partial charge < -0.3 is 15.2 Å². The number of hydrogen-bond donors (Lipinski definition) is 2. The van der Waals surface area contributed by atoms with E-state index in [4.69, 9.17) is 16.3 Å². The summed E-state index contributed by atoms with van der Waals surface area (Å²) in [4.78, 5) is 11.0. The van der Waals surface area contributed by atoms with Gasteiger partial charge in [-0.15, -0.1) is 6.58 Å². The minimum absolute atomic E-state index is 0.145. The SMILES string of the molecule is C=CCCn1cc(Nc2ncc3cc(Cl)c([C@H]4CCN([C@@H]5COC[C@@H]5O)C[C@@H]4F)cc3n2)cn1. The third-order valence-corrected chi connectivity index (χ3v) is 6.94. The summed E-state index contributed by atoms with van der Waals surface area (Å²) in [7, 11) is 0. The molecule has 3 aromatic rings. The molecule has 2 N–H and O–H groups in total. The van der Waals surface area contributed by atoms with Crippen molar-refractivity contribution in [1.29, 1.82) is 0 Å². The van der Waals surface area contributed by atoms with Gasteiger partial charge in [-0.2, -0.15) is 5.10 Å². The summed E-state index contributed by atoms with van der Waals surface area (Å²) in [6, 6.07) is 3.53. The second-order valence-corrected chi connectivity index (χ2v) is 9.31. The van der Waals surface area contributed by atoms with E-state index in [0.29, 0.717) is 42.7 Å². The molecule has 34 heavy (non-hydrogen) atoms. The van der Waals surface area contributed by atoms with Crippen LogP contribution in [0.4, 0.5) is 16.0 Å². The maximum absolute atomic E-state index is 15.3. The van der Waals surface area contributed by atoms with E-state index in [9.17, 15) is 5.11 Å². The lowest BCUT2D eigenvalue weighted by Gasteiger charge is -2.39. The number of anilines is 2. The third kappa shape index (κ3) is 4.79. The molecule has 5 rings (SSSR count). The Balaban J connectivity index is 1.33. The lowest BCUT2D eigenvalue weighted by Crippen LogP contribution is -2.50. The fourth-order valence-electron chi connectivity index (χ4n) is 4.77. The van der Waals surface area contributed by atoms with Crippen LogP contribution in [0, 0.1) is 0 Å². The van der Waals surface area contributed by atoms with Crippen molar-refractivity contribution in [2.24, 2.45) is 0 Å². The Morgan fingerprint density at radius 3 is 2.97 bits per heavy atom. The summed E-state index contributed by atoms with van der Waals surface area (Å²) >= 11 is 6.57. The van der Waals surface area contributed by atoms with Crippen LogP contribution in [0.15, 0.2) is 43.4 Å². The Bertz CT molecular complexity index is 1170. The molecule has 2 aliphatic heterocycles. The first-order valence-corrected chi connectivity index (χ1v) is 11.9. The van der Waals surface area contributed by atoms with Crippen LogP contribution in [0.2, 0.25) is 5.02 Å². The van der Waals surface area contributed by atoms with Gasteiger partial charge in [-0.05, 0) is 37.1 Å². The Kier molecular flexibility index (Phi) is 6.78. The molecule has 0 aliphatic carbocycles. The third-order valence-electron chi connectivity index (χ3n) is 6.61. The quantitative estimate of drug-likeness (QED) is 0.492. The van der Waals surface area contributed by atoms with Crippen molar-refractivity contribution in [3.8, 4) is 0 Å². The number of aliphatic hydroxyl groups excluding tert-OH is 1. The summed E-state index contributed by atoms with van der Waals surface area (Å²) in [5.74, 6) is 0.105. The van der Waals surface area contributed by atoms with E-state index < -0.39 is 12.3 Å². The summed E-state index contributed by atoms with van der Waals surface area (Å²) in [5.41, 5.74) is 2.24. The molecular formula is C24H28ClFN6O2. The second kappa shape index (κ2) is 9.95. The molecule has 10 heteroatoms. The first kappa shape index (κ1) is 23.2. The van der Waals surface area contributed by atoms with E-state index in [1.54, 1.807) is 18.5 Å². The summed E-state index contributed by atoms with van der Waals surface area (Å²) in [6.45, 7) is 6.15. The van der Waals surface area contributed by atoms with E-state index in [1.165, 1.54) is 0 Å². The van der Waals surface area contributed by atoms with Gasteiger partial charge in [0.05, 0.1) is 42.8 Å². The highest BCUT2D eigenvalue weighted by Gasteiger charge is 2.39. The van der Waals surface area contributed by atoms with Gasteiger partial charge in [-0.25, -0.2) is 14.4 Å². The number of nitrogens with zero attached hydrogens (tertiary/aromatic N) is 5. The fourth-order valence-corrected chi connectivity index (χ4v) is 5.09. The highest BCUT2D eigenvalue weighted by atomic mass is 35.5. The first-order chi connectivity index (χ1) is 16.5. The van der Waals surface area contributed by atoms with Crippen LogP contribution >= 0.6 is 11.6 Å². The van der Waals surface area contributed by atoms with E-state index in [-0.39, 0.29) is 18.5 Å². The van der Waals surface area contributed by atoms with Crippen LogP contribution in [-0.4, -0.2) is 74.4 Å². The maximum Gasteiger partial charge on any atom is 0.227 e. The van der Waals surface area contributed by atoms with Gasteiger partial charge in [-0.3, -0.25) is 9.58 Å². The lowest BCUT2D eigenvalue weighted by molar-refractivity contribution is 0.0353. The molecule has 2 fully saturated rings. The van der Waals surface area contributed by atoms with Crippen molar-refractivity contribution < 1.29 is 14.2 Å². The molecule has 0 unspecified atom stereocenters. The number of fused-ring (bicyclic) bond motifs is 1. The summed E-state index contributed by atoms with van der Waals surface area (Å²) in [5, 5.41) is 18.9. The molecule has 2 aromatic heterocycles. The molecule has 180 valence electrons. The van der Waals surface area contributed by atoms with Crippen LogP contribution in [0.25, 0.3) is 10.9 Å². The lowest BCUT2D eigenvalue weighted by atomic mass is 9.86. The number of aliphatic hydroxyl groups is 1. The van der Waals surface area contributed by atoms with Crippen molar-refractivity contribution in [3.63, 3.8) is 0 Å². The zero-order valence-electron chi connectivity index (χ0n) is 18.8. The second-order valence-electron chi connectivity index (χ2n) is 8.90. The summed E-state index contributed by atoms with van der Waals surface area (Å²) in [6.07, 6.45) is 6.94. The number of hydrogen-bond acceptors (Lipinski definition) is 7. The molecule has 0 bridgehead atoms. The Labute approximate surface area is 202 Å². The zero-order chi connectivity index (χ0) is 23.7. The molecular weight excluding hydrogens is 459 g/mol. The van der Waals surface area contributed by atoms with Crippen molar-refractivity contribution in [2.45, 2.75) is 43.6 Å². The molecule has 2 saturated heterocycles. The van der Waals surface area contributed by atoms with E-state index in [1.807, 2.05) is 27.9 Å². The average molecular weight is 487 g/mol. The standard InChI is InChI=1S/C24H28ClFN6O2/c1-2-3-5-32-11-16(10-28-32)29-24-27-9-15-7-19(25)18(8-21(15)30-24)17-4-6-31(12-20(17)26)22-13-34-14-23(22)33/h2,7-11,17,20,22-23,33H,1,3-6,12-14H2,(H,27,29,30)/t17-,20+,22-,23+/m1/s1. The number of rotatable bonds is 7. The topological polar surface area (TPSA) is 88.3 Å². The highest BCUT2D eigenvalue weighted by molar-refractivity contribution is 6.32. The highest BCUT2D eigenvalue weighted by Crippen LogP contribution is 2.37. The van der Waals surface area contributed by atoms with Crippen molar-refractivity contribution in [1.82, 2.24) is 24.6 Å². The van der Waals surface area contributed by atoms with E-state index in [2.05, 4.69) is 27.0 Å². The minimum Gasteiger partial charge on any atom is -0.389 e. The number of aromatic nitrogens is 4. The Morgan fingerprint density at radius 1 is 1.32 bits per heavy atom. The fraction of sp³-hybridized carbons (Fsp3) is 0.458. The number of likely N-dealkylation sites (tertiary alicyclic amines) is 1. The minimum atomic E-state index is -1.10. The number of ether oxygens (including phenoxy) is 1. The van der Waals surface area contributed by atoms with Crippen molar-refractivity contribution in [3.05, 3.63) is 54.0 Å². The summed E-state index contributed by atoms with van der Waals surface area (Å²) < 4.78 is 22.5. The number of halogens is 2. The number of piperidine rings is 1. The number of nitrogens with one attached hydrogen (secondary N) is 1. The monoisotopic (exact) mass is 486 g/mol. The van der Waals surface area contributed by atoms with Gasteiger partial charge in [-0.1, -0.05) is 17.7 Å². The largest absolute Gasteiger partial charge is 0.389 e. The average Bonchev–Trinajstić information content (AvgIpc) is 3.46. The smallest absolute Gasteiger partial charge is 0.227 e. The van der Waals surface area contributed by atoms with Crippen molar-refractivity contribution >= 4 is 34.1 Å². The molecule has 4 heterocycles. The molecule has 2 aliphatic rings. The number of allylic oxidation sites excluding steroid dienone is 1.